The van der Waals surface area contributed by atoms with E-state index in [-0.39, 0.29) is 0 Å². The molecule has 0 saturated heterocycles. The van der Waals surface area contributed by atoms with Crippen molar-refractivity contribution in [1.82, 2.24) is 20.9 Å². The Morgan fingerprint density at radius 3 is 3.40 bits per heavy atom. The van der Waals surface area contributed by atoms with Crippen LogP contribution in [-0.4, -0.2) is 9.97 Å². The molecule has 52 valence electrons. The van der Waals surface area contributed by atoms with Gasteiger partial charge in [0.15, 0.2) is 0 Å². The SMILES string of the molecule is c1ncc2c(n1)CNNN2. The number of hydrogen-bond acceptors (Lipinski definition) is 5. The van der Waals surface area contributed by atoms with Gasteiger partial charge in [-0.05, 0) is 0 Å². The lowest BCUT2D eigenvalue weighted by atomic mass is 10.3. The van der Waals surface area contributed by atoms with E-state index in [0.717, 1.165) is 17.9 Å². The molecule has 10 heavy (non-hydrogen) atoms. The van der Waals surface area contributed by atoms with Crippen molar-refractivity contribution in [2.45, 2.75) is 6.54 Å². The maximum Gasteiger partial charge on any atom is 0.115 e. The highest BCUT2D eigenvalue weighted by atomic mass is 15.6. The highest BCUT2D eigenvalue weighted by Gasteiger charge is 2.06. The molecule has 1 aromatic rings. The summed E-state index contributed by atoms with van der Waals surface area (Å²) in [6, 6.07) is 0. The molecule has 0 aliphatic carbocycles. The molecule has 0 bridgehead atoms. The number of hydrazine groups is 2. The highest BCUT2D eigenvalue weighted by molar-refractivity contribution is 5.45. The van der Waals surface area contributed by atoms with Crippen molar-refractivity contribution in [2.24, 2.45) is 0 Å². The summed E-state index contributed by atoms with van der Waals surface area (Å²) in [7, 11) is 0. The lowest BCUT2D eigenvalue weighted by molar-refractivity contribution is 0.555. The Morgan fingerprint density at radius 2 is 2.50 bits per heavy atom. The average Bonchev–Trinajstić information content (AvgIpc) is 2.05. The van der Waals surface area contributed by atoms with Crippen LogP contribution >= 0.6 is 0 Å². The molecule has 0 radical (unpaired) electrons. The van der Waals surface area contributed by atoms with Crippen molar-refractivity contribution < 1.29 is 0 Å². The van der Waals surface area contributed by atoms with Crippen LogP contribution in [0, 0.1) is 0 Å². The molecule has 0 atom stereocenters. The van der Waals surface area contributed by atoms with E-state index in [9.17, 15) is 0 Å². The first-order valence-electron chi connectivity index (χ1n) is 2.99. The maximum absolute atomic E-state index is 4.04. The van der Waals surface area contributed by atoms with Crippen LogP contribution in [0.15, 0.2) is 12.5 Å². The van der Waals surface area contributed by atoms with Gasteiger partial charge in [-0.1, -0.05) is 0 Å². The molecule has 0 fully saturated rings. The summed E-state index contributed by atoms with van der Waals surface area (Å²) in [4.78, 5) is 7.90. The predicted molar refractivity (Wildman–Crippen MR) is 35.6 cm³/mol. The van der Waals surface area contributed by atoms with Crippen LogP contribution in [-0.2, 0) is 6.54 Å². The number of nitrogens with one attached hydrogen (secondary N) is 3. The van der Waals surface area contributed by atoms with Crippen LogP contribution in [0.25, 0.3) is 0 Å². The molecule has 0 amide bonds. The van der Waals surface area contributed by atoms with E-state index in [1.165, 1.54) is 6.33 Å². The number of hydrogen-bond donors (Lipinski definition) is 3. The van der Waals surface area contributed by atoms with E-state index in [4.69, 9.17) is 0 Å². The summed E-state index contributed by atoms with van der Waals surface area (Å²) in [6.45, 7) is 0.727. The van der Waals surface area contributed by atoms with Gasteiger partial charge in [-0.3, -0.25) is 0 Å². The zero-order chi connectivity index (χ0) is 6.81. The predicted octanol–water partition coefficient (Wildman–Crippen LogP) is -0.589. The van der Waals surface area contributed by atoms with Crippen LogP contribution in [0.5, 0.6) is 0 Å². The van der Waals surface area contributed by atoms with E-state index in [1.54, 1.807) is 6.20 Å². The van der Waals surface area contributed by atoms with Gasteiger partial charge in [-0.2, -0.15) is 5.53 Å². The zero-order valence-electron chi connectivity index (χ0n) is 5.26. The van der Waals surface area contributed by atoms with Crippen molar-refractivity contribution in [3.05, 3.63) is 18.2 Å². The quantitative estimate of drug-likeness (QED) is 0.446. The Labute approximate surface area is 57.8 Å². The van der Waals surface area contributed by atoms with Crippen molar-refractivity contribution in [1.29, 1.82) is 0 Å². The lowest BCUT2D eigenvalue weighted by Crippen LogP contribution is -2.41. The summed E-state index contributed by atoms with van der Waals surface area (Å²) in [5, 5.41) is 0. The molecule has 2 heterocycles. The molecule has 1 aliphatic rings. The Kier molecular flexibility index (Phi) is 1.23. The van der Waals surface area contributed by atoms with Gasteiger partial charge in [0.05, 0.1) is 24.1 Å². The van der Waals surface area contributed by atoms with Gasteiger partial charge in [0.2, 0.25) is 0 Å². The van der Waals surface area contributed by atoms with Crippen molar-refractivity contribution in [3.8, 4) is 0 Å². The van der Waals surface area contributed by atoms with E-state index >= 15 is 0 Å². The molecule has 1 aliphatic heterocycles. The second-order valence-corrected chi connectivity index (χ2v) is 1.99. The first kappa shape index (κ1) is 5.57. The molecule has 5 nitrogen and oxygen atoms in total. The second-order valence-electron chi connectivity index (χ2n) is 1.99. The lowest BCUT2D eigenvalue weighted by Gasteiger charge is -2.17. The molecule has 0 saturated carbocycles. The number of rotatable bonds is 0. The first-order valence-corrected chi connectivity index (χ1v) is 2.99. The van der Waals surface area contributed by atoms with Gasteiger partial charge in [-0.25, -0.2) is 15.4 Å². The third kappa shape index (κ3) is 0.810. The van der Waals surface area contributed by atoms with Crippen molar-refractivity contribution in [2.75, 3.05) is 5.43 Å². The topological polar surface area (TPSA) is 61.9 Å². The molecule has 0 unspecified atom stereocenters. The Bertz CT molecular complexity index is 210. The summed E-state index contributed by atoms with van der Waals surface area (Å²) in [5.74, 6) is 0. The average molecular weight is 137 g/mol. The minimum absolute atomic E-state index is 0.727. The van der Waals surface area contributed by atoms with Gasteiger partial charge in [0.1, 0.15) is 6.33 Å². The van der Waals surface area contributed by atoms with Crippen molar-refractivity contribution >= 4 is 5.69 Å². The fourth-order valence-electron chi connectivity index (χ4n) is 0.840. The molecule has 0 spiro atoms. The van der Waals surface area contributed by atoms with Gasteiger partial charge in [0.25, 0.3) is 0 Å². The van der Waals surface area contributed by atoms with Gasteiger partial charge in [0, 0.05) is 0 Å². The van der Waals surface area contributed by atoms with Crippen LogP contribution in [0.1, 0.15) is 5.69 Å². The summed E-state index contributed by atoms with van der Waals surface area (Å²) in [5.41, 5.74) is 10.4. The third-order valence-corrected chi connectivity index (χ3v) is 1.34. The van der Waals surface area contributed by atoms with Crippen LogP contribution in [0.2, 0.25) is 0 Å². The van der Waals surface area contributed by atoms with E-state index in [1.807, 2.05) is 0 Å². The molecular formula is C5H7N5. The number of anilines is 1. The minimum Gasteiger partial charge on any atom is -0.305 e. The molecule has 3 N–H and O–H groups in total. The van der Waals surface area contributed by atoms with Crippen LogP contribution in [0.4, 0.5) is 5.69 Å². The maximum atomic E-state index is 4.04. The fourth-order valence-corrected chi connectivity index (χ4v) is 0.840. The highest BCUT2D eigenvalue weighted by Crippen LogP contribution is 2.09. The molecular weight excluding hydrogens is 130 g/mol. The normalized spacial score (nSPS) is 15.6. The zero-order valence-corrected chi connectivity index (χ0v) is 5.26. The van der Waals surface area contributed by atoms with E-state index in [0.29, 0.717) is 0 Å². The van der Waals surface area contributed by atoms with Gasteiger partial charge < -0.3 is 5.43 Å². The fraction of sp³-hybridized carbons (Fsp3) is 0.200. The first-order chi connectivity index (χ1) is 4.97. The monoisotopic (exact) mass is 137 g/mol. The summed E-state index contributed by atoms with van der Waals surface area (Å²) < 4.78 is 0. The minimum atomic E-state index is 0.727. The molecule has 5 heteroatoms. The number of nitrogens with zero attached hydrogens (tertiary/aromatic N) is 2. The Morgan fingerprint density at radius 1 is 1.50 bits per heavy atom. The van der Waals surface area contributed by atoms with Crippen LogP contribution < -0.4 is 16.4 Å². The standard InChI is InChI=1S/C5H7N5/c1-5-4(7-3-6-1)2-8-10-9-5/h1,3,8-10H,2H2. The number of aromatic nitrogens is 2. The van der Waals surface area contributed by atoms with Gasteiger partial charge >= 0.3 is 0 Å². The van der Waals surface area contributed by atoms with Gasteiger partial charge in [-0.15, -0.1) is 0 Å². The molecule has 1 aromatic heterocycles. The third-order valence-electron chi connectivity index (χ3n) is 1.34. The Balaban J connectivity index is 2.41. The second kappa shape index (κ2) is 2.20. The Hall–Kier alpha value is -1.20. The summed E-state index contributed by atoms with van der Waals surface area (Å²) in [6.07, 6.45) is 3.27. The smallest absolute Gasteiger partial charge is 0.115 e. The summed E-state index contributed by atoms with van der Waals surface area (Å²) >= 11 is 0. The van der Waals surface area contributed by atoms with Crippen LogP contribution in [0.3, 0.4) is 0 Å². The van der Waals surface area contributed by atoms with Crippen molar-refractivity contribution in [3.63, 3.8) is 0 Å². The molecule has 0 aromatic carbocycles. The largest absolute Gasteiger partial charge is 0.305 e. The number of fused-ring (bicyclic) bond motifs is 1. The van der Waals surface area contributed by atoms with E-state index in [2.05, 4.69) is 26.4 Å². The molecule has 2 rings (SSSR count). The van der Waals surface area contributed by atoms with E-state index < -0.39 is 0 Å².